The van der Waals surface area contributed by atoms with Crippen LogP contribution in [-0.4, -0.2) is 0 Å². The number of hydrogen-bond acceptors (Lipinski definition) is 2. The number of hydrogen-bond donors (Lipinski definition) is 1. The van der Waals surface area contributed by atoms with Crippen molar-refractivity contribution in [2.24, 2.45) is 0 Å². The third-order valence-electron chi connectivity index (χ3n) is 7.83. The minimum Gasteiger partial charge on any atom is -0.355 e. The van der Waals surface area contributed by atoms with Crippen molar-refractivity contribution in [3.05, 3.63) is 144 Å². The van der Waals surface area contributed by atoms with Gasteiger partial charge in [0.15, 0.2) is 0 Å². The Morgan fingerprint density at radius 2 is 1.56 bits per heavy atom. The van der Waals surface area contributed by atoms with Crippen molar-refractivity contribution in [2.45, 2.75) is 38.0 Å². The lowest BCUT2D eigenvalue weighted by atomic mass is 9.80. The van der Waals surface area contributed by atoms with Gasteiger partial charge in [-0.3, -0.25) is 0 Å². The van der Waals surface area contributed by atoms with Crippen LogP contribution < -0.4 is 5.32 Å². The average Bonchev–Trinajstić information content (AvgIpc) is 3.02. The summed E-state index contributed by atoms with van der Waals surface area (Å²) in [6.07, 6.45) is 15.3. The summed E-state index contributed by atoms with van der Waals surface area (Å²) >= 11 is 0. The molecule has 39 heavy (non-hydrogen) atoms. The van der Waals surface area contributed by atoms with E-state index in [1.54, 1.807) is 0 Å². The number of nitriles is 1. The highest BCUT2D eigenvalue weighted by molar-refractivity contribution is 5.85. The first-order chi connectivity index (χ1) is 19.3. The Hall–Kier alpha value is -4.61. The SMILES string of the molecule is N#Cc1cccc(Nc2ccc(-c3ccc(C4CCC=C(C5=CCCC=C5)C4)cc3)cc2-c2ccccc2)c1. The van der Waals surface area contributed by atoms with E-state index in [2.05, 4.69) is 102 Å². The van der Waals surface area contributed by atoms with Crippen LogP contribution in [0.3, 0.4) is 0 Å². The summed E-state index contributed by atoms with van der Waals surface area (Å²) in [5.74, 6) is 0.575. The molecule has 2 aliphatic carbocycles. The molecule has 0 spiro atoms. The van der Waals surface area contributed by atoms with Gasteiger partial charge in [-0.1, -0.05) is 91.0 Å². The Labute approximate surface area is 231 Å². The standard InChI is InChI=1S/C37H32N2/c38-26-27-9-7-16-35(23-27)39-37-22-21-34(25-36(37)31-12-5-2-6-13-31)30-19-17-29(18-20-30)33-15-8-14-32(24-33)28-10-3-1-4-11-28/h2-3,5-7,9-14,16-23,25,33,39H,1,4,8,15,24H2. The highest BCUT2D eigenvalue weighted by Crippen LogP contribution is 2.39. The first-order valence-corrected chi connectivity index (χ1v) is 13.9. The second kappa shape index (κ2) is 11.4. The van der Waals surface area contributed by atoms with Gasteiger partial charge < -0.3 is 5.32 Å². The normalized spacial score (nSPS) is 16.6. The van der Waals surface area contributed by atoms with Crippen LogP contribution in [0.25, 0.3) is 22.3 Å². The Kier molecular flexibility index (Phi) is 7.23. The zero-order chi connectivity index (χ0) is 26.4. The zero-order valence-electron chi connectivity index (χ0n) is 22.1. The van der Waals surface area contributed by atoms with Crippen molar-refractivity contribution in [3.8, 4) is 28.3 Å². The molecule has 4 aromatic rings. The van der Waals surface area contributed by atoms with Gasteiger partial charge in [0.05, 0.1) is 11.6 Å². The lowest BCUT2D eigenvalue weighted by Gasteiger charge is -2.25. The second-order valence-electron chi connectivity index (χ2n) is 10.4. The molecular weight excluding hydrogens is 472 g/mol. The van der Waals surface area contributed by atoms with E-state index >= 15 is 0 Å². The van der Waals surface area contributed by atoms with Gasteiger partial charge in [0.25, 0.3) is 0 Å². The van der Waals surface area contributed by atoms with Crippen LogP contribution in [0.5, 0.6) is 0 Å². The van der Waals surface area contributed by atoms with Gasteiger partial charge in [0.2, 0.25) is 0 Å². The Morgan fingerprint density at radius 1 is 0.718 bits per heavy atom. The predicted octanol–water partition coefficient (Wildman–Crippen LogP) is 10.1. The summed E-state index contributed by atoms with van der Waals surface area (Å²) in [5.41, 5.74) is 11.7. The van der Waals surface area contributed by atoms with E-state index in [4.69, 9.17) is 0 Å². The number of nitrogens with zero attached hydrogens (tertiary/aromatic N) is 1. The first kappa shape index (κ1) is 24.7. The maximum absolute atomic E-state index is 9.31. The number of rotatable bonds is 6. The van der Waals surface area contributed by atoms with Gasteiger partial charge in [-0.05, 0) is 102 Å². The van der Waals surface area contributed by atoms with Crippen LogP contribution in [-0.2, 0) is 0 Å². The Balaban J connectivity index is 1.27. The summed E-state index contributed by atoms with van der Waals surface area (Å²) in [5, 5.41) is 12.9. The van der Waals surface area contributed by atoms with Crippen molar-refractivity contribution in [1.82, 2.24) is 0 Å². The summed E-state index contributed by atoms with van der Waals surface area (Å²) in [4.78, 5) is 0. The Bertz CT molecular complexity index is 1600. The summed E-state index contributed by atoms with van der Waals surface area (Å²) in [6, 6.07) is 36.1. The minimum absolute atomic E-state index is 0.575. The van der Waals surface area contributed by atoms with Crippen molar-refractivity contribution in [1.29, 1.82) is 5.26 Å². The molecule has 0 aromatic heterocycles. The van der Waals surface area contributed by atoms with Crippen LogP contribution in [0.15, 0.2) is 133 Å². The van der Waals surface area contributed by atoms with Gasteiger partial charge in [-0.25, -0.2) is 0 Å². The van der Waals surface area contributed by atoms with E-state index in [1.165, 1.54) is 40.7 Å². The summed E-state index contributed by atoms with van der Waals surface area (Å²) < 4.78 is 0. The van der Waals surface area contributed by atoms with Crippen LogP contribution in [0.4, 0.5) is 11.4 Å². The van der Waals surface area contributed by atoms with Crippen molar-refractivity contribution in [2.75, 3.05) is 5.32 Å². The summed E-state index contributed by atoms with van der Waals surface area (Å²) in [7, 11) is 0. The van der Waals surface area contributed by atoms with Gasteiger partial charge in [0.1, 0.15) is 0 Å². The van der Waals surface area contributed by atoms with Gasteiger partial charge >= 0.3 is 0 Å². The van der Waals surface area contributed by atoms with E-state index in [-0.39, 0.29) is 0 Å². The molecule has 0 saturated carbocycles. The molecule has 1 atom stereocenters. The maximum atomic E-state index is 9.31. The topological polar surface area (TPSA) is 35.8 Å². The molecule has 0 fully saturated rings. The molecule has 2 nitrogen and oxygen atoms in total. The van der Waals surface area contributed by atoms with Crippen molar-refractivity contribution < 1.29 is 0 Å². The molecule has 0 heterocycles. The van der Waals surface area contributed by atoms with Gasteiger partial charge in [0, 0.05) is 16.9 Å². The fourth-order valence-corrected chi connectivity index (χ4v) is 5.74. The Morgan fingerprint density at radius 3 is 2.36 bits per heavy atom. The monoisotopic (exact) mass is 504 g/mol. The smallest absolute Gasteiger partial charge is 0.0992 e. The van der Waals surface area contributed by atoms with Crippen LogP contribution in [0, 0.1) is 11.3 Å². The molecule has 0 bridgehead atoms. The zero-order valence-corrected chi connectivity index (χ0v) is 22.1. The largest absolute Gasteiger partial charge is 0.355 e. The lowest BCUT2D eigenvalue weighted by Crippen LogP contribution is -2.07. The summed E-state index contributed by atoms with van der Waals surface area (Å²) in [6.45, 7) is 0. The van der Waals surface area contributed by atoms with E-state index in [1.807, 2.05) is 30.3 Å². The predicted molar refractivity (Wildman–Crippen MR) is 163 cm³/mol. The molecule has 0 amide bonds. The fourth-order valence-electron chi connectivity index (χ4n) is 5.74. The molecule has 190 valence electrons. The molecule has 4 aromatic carbocycles. The molecular formula is C37H32N2. The molecule has 2 heteroatoms. The molecule has 1 N–H and O–H groups in total. The fraction of sp³-hybridized carbons (Fsp3) is 0.162. The molecule has 0 radical (unpaired) electrons. The van der Waals surface area contributed by atoms with E-state index in [0.29, 0.717) is 11.5 Å². The van der Waals surface area contributed by atoms with Crippen LogP contribution in [0.1, 0.15) is 49.1 Å². The molecule has 2 aliphatic rings. The molecule has 0 saturated heterocycles. The molecule has 6 rings (SSSR count). The van der Waals surface area contributed by atoms with Crippen molar-refractivity contribution >= 4 is 11.4 Å². The third kappa shape index (κ3) is 5.64. The lowest BCUT2D eigenvalue weighted by molar-refractivity contribution is 0.600. The highest BCUT2D eigenvalue weighted by atomic mass is 14.9. The number of allylic oxidation sites excluding steroid dienone is 6. The average molecular weight is 505 g/mol. The number of benzene rings is 4. The van der Waals surface area contributed by atoms with Gasteiger partial charge in [-0.2, -0.15) is 5.26 Å². The highest BCUT2D eigenvalue weighted by Gasteiger charge is 2.19. The number of nitrogens with one attached hydrogen (secondary N) is 1. The van der Waals surface area contributed by atoms with Gasteiger partial charge in [-0.15, -0.1) is 0 Å². The van der Waals surface area contributed by atoms with E-state index < -0.39 is 0 Å². The second-order valence-corrected chi connectivity index (χ2v) is 10.4. The maximum Gasteiger partial charge on any atom is 0.0992 e. The minimum atomic E-state index is 0.575. The van der Waals surface area contributed by atoms with Crippen LogP contribution in [0.2, 0.25) is 0 Å². The van der Waals surface area contributed by atoms with Crippen LogP contribution >= 0.6 is 0 Å². The third-order valence-corrected chi connectivity index (χ3v) is 7.83. The molecule has 1 unspecified atom stereocenters. The first-order valence-electron chi connectivity index (χ1n) is 13.9. The number of anilines is 2. The quantitative estimate of drug-likeness (QED) is 0.283. The van der Waals surface area contributed by atoms with E-state index in [0.717, 1.165) is 41.8 Å². The van der Waals surface area contributed by atoms with Crippen molar-refractivity contribution in [3.63, 3.8) is 0 Å². The molecule has 0 aliphatic heterocycles. The van der Waals surface area contributed by atoms with E-state index in [9.17, 15) is 5.26 Å².